The Morgan fingerprint density at radius 1 is 1.45 bits per heavy atom. The van der Waals surface area contributed by atoms with Crippen molar-refractivity contribution in [2.24, 2.45) is 0 Å². The Balaban J connectivity index is 2.55. The second-order valence-corrected chi connectivity index (χ2v) is 5.38. The summed E-state index contributed by atoms with van der Waals surface area (Å²) in [6.45, 7) is 0.123. The number of carbonyl (C=O) groups is 1. The number of imidazole rings is 1. The van der Waals surface area contributed by atoms with Gasteiger partial charge in [-0.05, 0) is 6.07 Å². The van der Waals surface area contributed by atoms with Gasteiger partial charge in [0.25, 0.3) is 0 Å². The highest BCUT2D eigenvalue weighted by Crippen LogP contribution is 2.24. The van der Waals surface area contributed by atoms with Crippen LogP contribution in [0.15, 0.2) is 12.1 Å². The predicted octanol–water partition coefficient (Wildman–Crippen LogP) is 2.70. The molecule has 1 amide bonds. The van der Waals surface area contributed by atoms with E-state index in [1.165, 1.54) is 17.0 Å². The van der Waals surface area contributed by atoms with Crippen LogP contribution >= 0.6 is 23.2 Å². The number of carbonyl (C=O) groups excluding carboxylic acids is 1. The SMILES string of the molecule is CN(C)C(=O)Cn1c(CCCl)nc2cc(F)c(Cl)cc21. The van der Waals surface area contributed by atoms with Crippen LogP contribution in [-0.4, -0.2) is 40.3 Å². The lowest BCUT2D eigenvalue weighted by atomic mass is 10.3. The van der Waals surface area contributed by atoms with Gasteiger partial charge in [0.05, 0.1) is 16.1 Å². The second-order valence-electron chi connectivity index (χ2n) is 4.60. The number of fused-ring (bicyclic) bond motifs is 1. The van der Waals surface area contributed by atoms with Gasteiger partial charge in [0.15, 0.2) is 0 Å². The normalized spacial score (nSPS) is 11.1. The zero-order valence-electron chi connectivity index (χ0n) is 11.2. The summed E-state index contributed by atoms with van der Waals surface area (Å²) in [5, 5.41) is 0.00776. The minimum absolute atomic E-state index is 0.00776. The molecule has 0 aliphatic heterocycles. The zero-order chi connectivity index (χ0) is 14.9. The first kappa shape index (κ1) is 15.1. The number of amides is 1. The maximum absolute atomic E-state index is 13.5. The van der Waals surface area contributed by atoms with Gasteiger partial charge in [0, 0.05) is 32.5 Å². The van der Waals surface area contributed by atoms with E-state index in [0.717, 1.165) is 0 Å². The molecule has 108 valence electrons. The summed E-state index contributed by atoms with van der Waals surface area (Å²) >= 11 is 11.6. The molecule has 0 aliphatic carbocycles. The molecule has 1 heterocycles. The molecule has 20 heavy (non-hydrogen) atoms. The highest BCUT2D eigenvalue weighted by Gasteiger charge is 2.16. The minimum atomic E-state index is -0.528. The predicted molar refractivity (Wildman–Crippen MR) is 77.8 cm³/mol. The summed E-state index contributed by atoms with van der Waals surface area (Å²) in [6, 6.07) is 2.76. The van der Waals surface area contributed by atoms with Crippen molar-refractivity contribution in [2.75, 3.05) is 20.0 Å². The molecule has 0 aliphatic rings. The van der Waals surface area contributed by atoms with Crippen LogP contribution < -0.4 is 0 Å². The molecule has 0 bridgehead atoms. The Morgan fingerprint density at radius 2 is 2.15 bits per heavy atom. The van der Waals surface area contributed by atoms with Gasteiger partial charge in [-0.25, -0.2) is 9.37 Å². The lowest BCUT2D eigenvalue weighted by molar-refractivity contribution is -0.129. The highest BCUT2D eigenvalue weighted by molar-refractivity contribution is 6.31. The van der Waals surface area contributed by atoms with Gasteiger partial charge in [-0.2, -0.15) is 0 Å². The maximum Gasteiger partial charge on any atom is 0.242 e. The van der Waals surface area contributed by atoms with Gasteiger partial charge in [-0.1, -0.05) is 11.6 Å². The number of alkyl halides is 1. The van der Waals surface area contributed by atoms with Crippen LogP contribution in [0.5, 0.6) is 0 Å². The molecule has 0 N–H and O–H groups in total. The van der Waals surface area contributed by atoms with Crippen molar-refractivity contribution < 1.29 is 9.18 Å². The topological polar surface area (TPSA) is 38.1 Å². The van der Waals surface area contributed by atoms with E-state index in [9.17, 15) is 9.18 Å². The Morgan fingerprint density at radius 3 is 2.75 bits per heavy atom. The largest absolute Gasteiger partial charge is 0.347 e. The van der Waals surface area contributed by atoms with Crippen LogP contribution in [0.25, 0.3) is 11.0 Å². The molecule has 0 unspecified atom stereocenters. The fraction of sp³-hybridized carbons (Fsp3) is 0.385. The molecule has 7 heteroatoms. The van der Waals surface area contributed by atoms with E-state index in [0.29, 0.717) is 29.2 Å². The van der Waals surface area contributed by atoms with Gasteiger partial charge >= 0.3 is 0 Å². The van der Waals surface area contributed by atoms with Crippen molar-refractivity contribution in [2.45, 2.75) is 13.0 Å². The number of hydrogen-bond acceptors (Lipinski definition) is 2. The Bertz CT molecular complexity index is 655. The number of aryl methyl sites for hydroxylation is 1. The first-order valence-corrected chi connectivity index (χ1v) is 6.95. The average Bonchev–Trinajstić information content (AvgIpc) is 2.68. The molecule has 1 aromatic heterocycles. The Kier molecular flexibility index (Phi) is 4.50. The van der Waals surface area contributed by atoms with E-state index in [2.05, 4.69) is 4.98 Å². The lowest BCUT2D eigenvalue weighted by Crippen LogP contribution is -2.27. The van der Waals surface area contributed by atoms with Crippen molar-refractivity contribution >= 4 is 40.1 Å². The fourth-order valence-electron chi connectivity index (χ4n) is 1.90. The molecule has 0 spiro atoms. The summed E-state index contributed by atoms with van der Waals surface area (Å²) in [5.74, 6) is 0.406. The molecular weight excluding hydrogens is 304 g/mol. The summed E-state index contributed by atoms with van der Waals surface area (Å²) in [6.07, 6.45) is 0.496. The number of rotatable bonds is 4. The molecule has 1 aromatic carbocycles. The maximum atomic E-state index is 13.5. The molecule has 0 saturated heterocycles. The summed E-state index contributed by atoms with van der Waals surface area (Å²) < 4.78 is 15.2. The fourth-order valence-corrected chi connectivity index (χ4v) is 2.23. The van der Waals surface area contributed by atoms with Gasteiger partial charge < -0.3 is 9.47 Å². The molecule has 2 rings (SSSR count). The number of benzene rings is 1. The molecule has 0 fully saturated rings. The lowest BCUT2D eigenvalue weighted by Gasteiger charge is -2.13. The van der Waals surface area contributed by atoms with E-state index in [1.54, 1.807) is 18.7 Å². The van der Waals surface area contributed by atoms with Crippen LogP contribution in [-0.2, 0) is 17.8 Å². The number of aromatic nitrogens is 2. The van der Waals surface area contributed by atoms with Gasteiger partial charge in [-0.3, -0.25) is 4.79 Å². The van der Waals surface area contributed by atoms with E-state index >= 15 is 0 Å². The van der Waals surface area contributed by atoms with E-state index < -0.39 is 5.82 Å². The smallest absolute Gasteiger partial charge is 0.242 e. The van der Waals surface area contributed by atoms with Crippen molar-refractivity contribution in [1.29, 1.82) is 0 Å². The minimum Gasteiger partial charge on any atom is -0.347 e. The molecule has 0 radical (unpaired) electrons. The van der Waals surface area contributed by atoms with Gasteiger partial charge in [0.2, 0.25) is 5.91 Å². The van der Waals surface area contributed by atoms with Crippen LogP contribution in [0.2, 0.25) is 5.02 Å². The van der Waals surface area contributed by atoms with E-state index in [-0.39, 0.29) is 17.5 Å². The Hall–Kier alpha value is -1.33. The van der Waals surface area contributed by atoms with Crippen LogP contribution in [0, 0.1) is 5.82 Å². The number of hydrogen-bond donors (Lipinski definition) is 0. The van der Waals surface area contributed by atoms with E-state index in [1.807, 2.05) is 0 Å². The van der Waals surface area contributed by atoms with Crippen molar-refractivity contribution in [1.82, 2.24) is 14.5 Å². The summed E-state index contributed by atoms with van der Waals surface area (Å²) in [5.41, 5.74) is 1.10. The third kappa shape index (κ3) is 2.88. The van der Waals surface area contributed by atoms with Crippen molar-refractivity contribution in [3.63, 3.8) is 0 Å². The van der Waals surface area contributed by atoms with E-state index in [4.69, 9.17) is 23.2 Å². The van der Waals surface area contributed by atoms with Crippen LogP contribution in [0.3, 0.4) is 0 Å². The molecule has 0 atom stereocenters. The third-order valence-electron chi connectivity index (χ3n) is 2.98. The van der Waals surface area contributed by atoms with Crippen LogP contribution in [0.4, 0.5) is 4.39 Å². The first-order chi connectivity index (χ1) is 9.43. The first-order valence-electron chi connectivity index (χ1n) is 6.04. The zero-order valence-corrected chi connectivity index (χ0v) is 12.7. The standard InChI is InChI=1S/C13H14Cl2FN3O/c1-18(2)13(20)7-19-11-5-8(15)9(16)6-10(11)17-12(19)3-4-14/h5-6H,3-4,7H2,1-2H3. The number of likely N-dealkylation sites (N-methyl/N-ethyl adjacent to an activating group) is 1. The number of nitrogens with zero attached hydrogens (tertiary/aromatic N) is 3. The highest BCUT2D eigenvalue weighted by atomic mass is 35.5. The second kappa shape index (κ2) is 5.97. The average molecular weight is 318 g/mol. The van der Waals surface area contributed by atoms with Crippen molar-refractivity contribution in [3.05, 3.63) is 28.8 Å². The molecular formula is C13H14Cl2FN3O. The summed E-state index contributed by atoms with van der Waals surface area (Å²) in [4.78, 5) is 17.7. The van der Waals surface area contributed by atoms with Crippen LogP contribution in [0.1, 0.15) is 5.82 Å². The molecule has 2 aromatic rings. The molecule has 4 nitrogen and oxygen atoms in total. The van der Waals surface area contributed by atoms with Gasteiger partial charge in [0.1, 0.15) is 18.2 Å². The molecule has 0 saturated carbocycles. The van der Waals surface area contributed by atoms with Crippen molar-refractivity contribution in [3.8, 4) is 0 Å². The monoisotopic (exact) mass is 317 g/mol. The quantitative estimate of drug-likeness (QED) is 0.813. The van der Waals surface area contributed by atoms with Gasteiger partial charge in [-0.15, -0.1) is 11.6 Å². The number of halogens is 3. The third-order valence-corrected chi connectivity index (χ3v) is 3.46. The summed E-state index contributed by atoms with van der Waals surface area (Å²) in [7, 11) is 3.35. The Labute approximate surface area is 126 Å².